The van der Waals surface area contributed by atoms with Gasteiger partial charge in [-0.15, -0.1) is 0 Å². The molecule has 0 aliphatic carbocycles. The molecule has 0 aliphatic rings. The van der Waals surface area contributed by atoms with Gasteiger partial charge < -0.3 is 19.9 Å². The summed E-state index contributed by atoms with van der Waals surface area (Å²) in [6, 6.07) is 11.7. The van der Waals surface area contributed by atoms with Crippen LogP contribution >= 0.6 is 0 Å². The Morgan fingerprint density at radius 3 is 2.52 bits per heavy atom. The van der Waals surface area contributed by atoms with Crippen molar-refractivity contribution in [1.82, 2.24) is 5.32 Å². The van der Waals surface area contributed by atoms with Crippen LogP contribution in [-0.4, -0.2) is 30.3 Å². The van der Waals surface area contributed by atoms with Crippen molar-refractivity contribution in [3.63, 3.8) is 0 Å². The van der Waals surface area contributed by atoms with Gasteiger partial charge in [0, 0.05) is 6.42 Å². The summed E-state index contributed by atoms with van der Waals surface area (Å²) in [5.74, 6) is -1.99. The Labute approximate surface area is 144 Å². The maximum Gasteiger partial charge on any atom is 0.408 e. The van der Waals surface area contributed by atoms with Gasteiger partial charge in [0.15, 0.2) is 11.6 Å². The lowest BCUT2D eigenvalue weighted by Gasteiger charge is -2.16. The molecule has 2 aromatic rings. The number of alkyl carbamates (subject to hydrolysis) is 1. The van der Waals surface area contributed by atoms with Crippen molar-refractivity contribution in [2.24, 2.45) is 0 Å². The number of esters is 1. The number of hydrogen-bond donors (Lipinski definition) is 2. The molecule has 7 heteroatoms. The number of phenolic OH excluding ortho intramolecular Hbond substituents is 1. The van der Waals surface area contributed by atoms with Gasteiger partial charge in [-0.2, -0.15) is 0 Å². The molecule has 132 valence electrons. The van der Waals surface area contributed by atoms with Crippen LogP contribution in [0.4, 0.5) is 9.18 Å². The van der Waals surface area contributed by atoms with Crippen molar-refractivity contribution in [1.29, 1.82) is 0 Å². The highest BCUT2D eigenvalue weighted by Gasteiger charge is 2.23. The van der Waals surface area contributed by atoms with Gasteiger partial charge in [0.2, 0.25) is 0 Å². The number of aromatic hydroxyl groups is 1. The number of halogens is 1. The zero-order valence-electron chi connectivity index (χ0n) is 13.6. The fourth-order valence-corrected chi connectivity index (χ4v) is 2.16. The Morgan fingerprint density at radius 1 is 1.16 bits per heavy atom. The number of nitrogens with one attached hydrogen (secondary N) is 1. The number of rotatable bonds is 6. The highest BCUT2D eigenvalue weighted by molar-refractivity contribution is 5.81. The van der Waals surface area contributed by atoms with Crippen LogP contribution in [0, 0.1) is 5.82 Å². The monoisotopic (exact) mass is 347 g/mol. The second kappa shape index (κ2) is 8.68. The molecule has 0 aromatic heterocycles. The van der Waals surface area contributed by atoms with Gasteiger partial charge in [0.05, 0.1) is 7.11 Å². The van der Waals surface area contributed by atoms with Gasteiger partial charge in [0.25, 0.3) is 0 Å². The molecule has 0 radical (unpaired) electrons. The number of ether oxygens (including phenoxy) is 2. The summed E-state index contributed by atoms with van der Waals surface area (Å²) in [7, 11) is 1.18. The summed E-state index contributed by atoms with van der Waals surface area (Å²) in [5, 5.41) is 11.6. The van der Waals surface area contributed by atoms with Crippen LogP contribution in [0.1, 0.15) is 11.1 Å². The molecule has 0 heterocycles. The fraction of sp³-hybridized carbons (Fsp3) is 0.222. The molecule has 0 saturated carbocycles. The fourth-order valence-electron chi connectivity index (χ4n) is 2.16. The minimum Gasteiger partial charge on any atom is -0.505 e. The van der Waals surface area contributed by atoms with E-state index in [4.69, 9.17) is 4.74 Å². The smallest absolute Gasteiger partial charge is 0.408 e. The molecule has 2 rings (SSSR count). The summed E-state index contributed by atoms with van der Waals surface area (Å²) in [6.07, 6.45) is -0.803. The second-order valence-corrected chi connectivity index (χ2v) is 5.27. The molecule has 0 aliphatic heterocycles. The topological polar surface area (TPSA) is 84.9 Å². The highest BCUT2D eigenvalue weighted by atomic mass is 19.1. The van der Waals surface area contributed by atoms with E-state index in [9.17, 15) is 19.1 Å². The molecular formula is C18H18FNO5. The third-order valence-electron chi connectivity index (χ3n) is 3.44. The SMILES string of the molecule is COC(=O)C(Cc1ccc(O)c(F)c1)NC(=O)OCc1ccccc1. The van der Waals surface area contributed by atoms with Gasteiger partial charge in [-0.25, -0.2) is 14.0 Å². The Balaban J connectivity index is 1.98. The molecule has 0 spiro atoms. The second-order valence-electron chi connectivity index (χ2n) is 5.27. The minimum absolute atomic E-state index is 0.00961. The van der Waals surface area contributed by atoms with E-state index in [1.807, 2.05) is 18.2 Å². The lowest BCUT2D eigenvalue weighted by atomic mass is 10.1. The molecule has 0 bridgehead atoms. The maximum absolute atomic E-state index is 13.4. The van der Waals surface area contributed by atoms with Crippen molar-refractivity contribution < 1.29 is 28.6 Å². The summed E-state index contributed by atoms with van der Waals surface area (Å²) in [5.41, 5.74) is 1.21. The van der Waals surface area contributed by atoms with Crippen LogP contribution in [-0.2, 0) is 27.3 Å². The molecule has 0 saturated heterocycles. The van der Waals surface area contributed by atoms with Gasteiger partial charge in [0.1, 0.15) is 12.6 Å². The molecule has 0 fully saturated rings. The van der Waals surface area contributed by atoms with Crippen molar-refractivity contribution >= 4 is 12.1 Å². The summed E-state index contributed by atoms with van der Waals surface area (Å²) in [6.45, 7) is 0.0500. The van der Waals surface area contributed by atoms with Gasteiger partial charge >= 0.3 is 12.1 Å². The van der Waals surface area contributed by atoms with Gasteiger partial charge in [-0.3, -0.25) is 0 Å². The van der Waals surface area contributed by atoms with Crippen LogP contribution < -0.4 is 5.32 Å². The van der Waals surface area contributed by atoms with E-state index in [0.29, 0.717) is 5.56 Å². The quantitative estimate of drug-likeness (QED) is 0.785. The van der Waals surface area contributed by atoms with Gasteiger partial charge in [-0.1, -0.05) is 36.4 Å². The van der Waals surface area contributed by atoms with Crippen LogP contribution in [0.5, 0.6) is 5.75 Å². The Morgan fingerprint density at radius 2 is 1.88 bits per heavy atom. The molecule has 1 atom stereocenters. The number of methoxy groups -OCH3 is 1. The number of benzene rings is 2. The van der Waals surface area contributed by atoms with Crippen molar-refractivity contribution in [3.8, 4) is 5.75 Å². The maximum atomic E-state index is 13.4. The Bertz CT molecular complexity index is 736. The number of amides is 1. The summed E-state index contributed by atoms with van der Waals surface area (Å²) < 4.78 is 23.1. The van der Waals surface area contributed by atoms with Crippen LogP contribution in [0.25, 0.3) is 0 Å². The first-order valence-electron chi connectivity index (χ1n) is 7.52. The van der Waals surface area contributed by atoms with E-state index < -0.39 is 29.7 Å². The molecule has 1 unspecified atom stereocenters. The number of hydrogen-bond acceptors (Lipinski definition) is 5. The minimum atomic E-state index is -1.04. The molecule has 2 aromatic carbocycles. The summed E-state index contributed by atoms with van der Waals surface area (Å²) >= 11 is 0. The number of carbonyl (C=O) groups is 2. The van der Waals surface area contributed by atoms with Crippen LogP contribution in [0.15, 0.2) is 48.5 Å². The first-order chi connectivity index (χ1) is 12.0. The van der Waals surface area contributed by atoms with Crippen molar-refractivity contribution in [3.05, 3.63) is 65.5 Å². The van der Waals surface area contributed by atoms with E-state index in [1.54, 1.807) is 12.1 Å². The zero-order chi connectivity index (χ0) is 18.2. The average molecular weight is 347 g/mol. The van der Waals surface area contributed by atoms with E-state index in [-0.39, 0.29) is 13.0 Å². The molecule has 1 amide bonds. The molecular weight excluding hydrogens is 329 g/mol. The first-order valence-corrected chi connectivity index (χ1v) is 7.52. The van der Waals surface area contributed by atoms with E-state index in [1.165, 1.54) is 19.2 Å². The molecule has 6 nitrogen and oxygen atoms in total. The van der Waals surface area contributed by atoms with Crippen LogP contribution in [0.2, 0.25) is 0 Å². The first kappa shape index (κ1) is 18.3. The normalized spacial score (nSPS) is 11.4. The number of phenols is 1. The largest absolute Gasteiger partial charge is 0.505 e. The van der Waals surface area contributed by atoms with E-state index in [0.717, 1.165) is 11.6 Å². The van der Waals surface area contributed by atoms with Gasteiger partial charge in [-0.05, 0) is 23.3 Å². The van der Waals surface area contributed by atoms with Crippen LogP contribution in [0.3, 0.4) is 0 Å². The lowest BCUT2D eigenvalue weighted by Crippen LogP contribution is -2.43. The average Bonchev–Trinajstić information content (AvgIpc) is 2.62. The third-order valence-corrected chi connectivity index (χ3v) is 3.44. The molecule has 25 heavy (non-hydrogen) atoms. The zero-order valence-corrected chi connectivity index (χ0v) is 13.6. The van der Waals surface area contributed by atoms with Crippen molar-refractivity contribution in [2.45, 2.75) is 19.1 Å². The van der Waals surface area contributed by atoms with E-state index >= 15 is 0 Å². The predicted molar refractivity (Wildman–Crippen MR) is 87.3 cm³/mol. The van der Waals surface area contributed by atoms with E-state index in [2.05, 4.69) is 10.1 Å². The lowest BCUT2D eigenvalue weighted by molar-refractivity contribution is -0.143. The highest BCUT2D eigenvalue weighted by Crippen LogP contribution is 2.17. The van der Waals surface area contributed by atoms with Crippen molar-refractivity contribution in [2.75, 3.05) is 7.11 Å². The third kappa shape index (κ3) is 5.49. The predicted octanol–water partition coefficient (Wildman–Crippen LogP) is 2.54. The standard InChI is InChI=1S/C18H18FNO5/c1-24-17(22)15(10-13-7-8-16(21)14(19)9-13)20-18(23)25-11-12-5-3-2-4-6-12/h2-9,15,21H,10-11H2,1H3,(H,20,23). The Hall–Kier alpha value is -3.09. The summed E-state index contributed by atoms with van der Waals surface area (Å²) in [4.78, 5) is 23.7. The number of carbonyl (C=O) groups excluding carboxylic acids is 2. The molecule has 2 N–H and O–H groups in total. The Kier molecular flexibility index (Phi) is 6.33.